The van der Waals surface area contributed by atoms with Crippen LogP contribution in [-0.4, -0.2) is 35.9 Å². The van der Waals surface area contributed by atoms with Crippen molar-refractivity contribution >= 4 is 20.9 Å². The summed E-state index contributed by atoms with van der Waals surface area (Å²) in [7, 11) is -3.83. The Morgan fingerprint density at radius 1 is 1.04 bits per heavy atom. The molecule has 2 aromatic carbocycles. The van der Waals surface area contributed by atoms with Crippen LogP contribution in [0.4, 0.5) is 4.39 Å². The third-order valence-corrected chi connectivity index (χ3v) is 6.29. The summed E-state index contributed by atoms with van der Waals surface area (Å²) in [5, 5.41) is 11.3. The molecule has 2 heterocycles. The van der Waals surface area contributed by atoms with Crippen molar-refractivity contribution in [1.82, 2.24) is 9.29 Å². The molecule has 1 aliphatic heterocycles. The van der Waals surface area contributed by atoms with Gasteiger partial charge in [-0.2, -0.15) is 4.31 Å². The van der Waals surface area contributed by atoms with Crippen LogP contribution in [0.25, 0.3) is 10.9 Å². The number of halogens is 1. The van der Waals surface area contributed by atoms with Gasteiger partial charge in [-0.25, -0.2) is 12.8 Å². The fraction of sp³-hybridized carbons (Fsp3) is 0.167. The minimum absolute atomic E-state index is 0.0844. The van der Waals surface area contributed by atoms with E-state index in [9.17, 15) is 17.9 Å². The van der Waals surface area contributed by atoms with E-state index < -0.39 is 21.4 Å². The van der Waals surface area contributed by atoms with Gasteiger partial charge in [0.1, 0.15) is 16.3 Å². The Balaban J connectivity index is 1.68. The molecule has 0 atom stereocenters. The van der Waals surface area contributed by atoms with Crippen molar-refractivity contribution in [3.8, 4) is 0 Å². The molecule has 4 rings (SSSR count). The van der Waals surface area contributed by atoms with Crippen LogP contribution in [-0.2, 0) is 15.6 Å². The van der Waals surface area contributed by atoms with Gasteiger partial charge in [0.2, 0.25) is 10.0 Å². The third-order valence-electron chi connectivity index (χ3n) is 4.46. The highest BCUT2D eigenvalue weighted by molar-refractivity contribution is 7.89. The van der Waals surface area contributed by atoms with Gasteiger partial charge in [0, 0.05) is 30.2 Å². The fourth-order valence-electron chi connectivity index (χ4n) is 3.14. The van der Waals surface area contributed by atoms with Gasteiger partial charge in [0.15, 0.2) is 0 Å². The van der Waals surface area contributed by atoms with Gasteiger partial charge in [-0.15, -0.1) is 0 Å². The van der Waals surface area contributed by atoms with Crippen LogP contribution in [0.5, 0.6) is 0 Å². The predicted molar refractivity (Wildman–Crippen MR) is 90.8 cm³/mol. The number of fused-ring (bicyclic) bond motifs is 1. The normalized spacial score (nSPS) is 17.4. The monoisotopic (exact) mass is 358 g/mol. The molecule has 0 bridgehead atoms. The zero-order valence-electron chi connectivity index (χ0n) is 13.1. The number of aromatic nitrogens is 1. The molecule has 0 spiro atoms. The van der Waals surface area contributed by atoms with E-state index in [1.807, 2.05) is 0 Å². The molecule has 0 unspecified atom stereocenters. The van der Waals surface area contributed by atoms with E-state index in [1.165, 1.54) is 30.5 Å². The number of hydrogen-bond acceptors (Lipinski definition) is 4. The van der Waals surface area contributed by atoms with E-state index in [-0.39, 0.29) is 23.5 Å². The summed E-state index contributed by atoms with van der Waals surface area (Å²) >= 11 is 0. The van der Waals surface area contributed by atoms with Crippen molar-refractivity contribution in [2.45, 2.75) is 10.5 Å². The first-order chi connectivity index (χ1) is 11.9. The number of β-amino-alcohol motifs (C(OH)–C–C–N with tert-alkyl or cyclic N) is 1. The summed E-state index contributed by atoms with van der Waals surface area (Å²) in [4.78, 5) is 4.25. The highest BCUT2D eigenvalue weighted by atomic mass is 32.2. The van der Waals surface area contributed by atoms with Crippen LogP contribution in [0, 0.1) is 5.82 Å². The minimum atomic E-state index is -3.83. The maximum Gasteiger partial charge on any atom is 0.245 e. The number of benzene rings is 2. The molecule has 7 heteroatoms. The van der Waals surface area contributed by atoms with E-state index in [4.69, 9.17) is 0 Å². The Labute approximate surface area is 144 Å². The molecule has 1 fully saturated rings. The molecule has 25 heavy (non-hydrogen) atoms. The Kier molecular flexibility index (Phi) is 3.61. The molecule has 0 aliphatic carbocycles. The summed E-state index contributed by atoms with van der Waals surface area (Å²) in [5.74, 6) is -0.547. The van der Waals surface area contributed by atoms with Crippen molar-refractivity contribution in [2.75, 3.05) is 13.1 Å². The van der Waals surface area contributed by atoms with Crippen LogP contribution in [0.15, 0.2) is 65.7 Å². The molecule has 1 saturated heterocycles. The number of nitrogens with zero attached hydrogens (tertiary/aromatic N) is 2. The second-order valence-electron chi connectivity index (χ2n) is 6.12. The zero-order valence-corrected chi connectivity index (χ0v) is 13.9. The Bertz CT molecular complexity index is 1060. The molecule has 0 amide bonds. The van der Waals surface area contributed by atoms with Gasteiger partial charge in [-0.05, 0) is 18.2 Å². The lowest BCUT2D eigenvalue weighted by Crippen LogP contribution is -2.61. The molecule has 5 nitrogen and oxygen atoms in total. The van der Waals surface area contributed by atoms with Gasteiger partial charge in [-0.1, -0.05) is 36.4 Å². The Hall–Kier alpha value is -2.35. The van der Waals surface area contributed by atoms with E-state index >= 15 is 0 Å². The fourth-order valence-corrected chi connectivity index (χ4v) is 4.85. The minimum Gasteiger partial charge on any atom is -0.382 e. The molecule has 3 aromatic rings. The first-order valence-electron chi connectivity index (χ1n) is 7.73. The largest absolute Gasteiger partial charge is 0.382 e. The maximum absolute atomic E-state index is 13.9. The molecule has 128 valence electrons. The molecule has 0 saturated carbocycles. The first kappa shape index (κ1) is 16.1. The van der Waals surface area contributed by atoms with Crippen molar-refractivity contribution in [3.63, 3.8) is 0 Å². The van der Waals surface area contributed by atoms with Gasteiger partial charge < -0.3 is 5.11 Å². The van der Waals surface area contributed by atoms with Crippen molar-refractivity contribution < 1.29 is 17.9 Å². The highest BCUT2D eigenvalue weighted by Crippen LogP contribution is 2.37. The molecular weight excluding hydrogens is 343 g/mol. The quantitative estimate of drug-likeness (QED) is 0.780. The van der Waals surface area contributed by atoms with E-state index in [2.05, 4.69) is 4.98 Å². The van der Waals surface area contributed by atoms with Gasteiger partial charge in [0.25, 0.3) is 0 Å². The van der Waals surface area contributed by atoms with Gasteiger partial charge in [-0.3, -0.25) is 4.98 Å². The summed E-state index contributed by atoms with van der Waals surface area (Å²) in [6.45, 7) is -0.390. The standard InChI is InChI=1S/C18H15FN2O3S/c19-15-8-2-1-7-14(15)18(22)11-21(12-18)25(23,24)16-9-3-5-13-6-4-10-20-17(13)16/h1-10,22H,11-12H2. The van der Waals surface area contributed by atoms with Crippen LogP contribution >= 0.6 is 0 Å². The number of para-hydroxylation sites is 1. The lowest BCUT2D eigenvalue weighted by atomic mass is 9.88. The first-order valence-corrected chi connectivity index (χ1v) is 9.17. The second-order valence-corrected chi connectivity index (χ2v) is 8.02. The second kappa shape index (κ2) is 5.59. The van der Waals surface area contributed by atoms with Gasteiger partial charge >= 0.3 is 0 Å². The van der Waals surface area contributed by atoms with Crippen molar-refractivity contribution in [2.24, 2.45) is 0 Å². The number of hydrogen-bond donors (Lipinski definition) is 1. The highest BCUT2D eigenvalue weighted by Gasteiger charge is 2.49. The number of pyridine rings is 1. The molecule has 1 aliphatic rings. The maximum atomic E-state index is 13.9. The van der Waals surface area contributed by atoms with Crippen LogP contribution in [0.1, 0.15) is 5.56 Å². The Morgan fingerprint density at radius 2 is 1.76 bits per heavy atom. The van der Waals surface area contributed by atoms with Gasteiger partial charge in [0.05, 0.1) is 5.52 Å². The summed E-state index contributed by atoms with van der Waals surface area (Å²) in [6.07, 6.45) is 1.53. The SMILES string of the molecule is O=S(=O)(c1cccc2cccnc12)N1CC(O)(c2ccccc2F)C1. The molecule has 1 aromatic heterocycles. The molecule has 1 N–H and O–H groups in total. The average molecular weight is 358 g/mol. The summed E-state index contributed by atoms with van der Waals surface area (Å²) in [5.41, 5.74) is -1.03. The topological polar surface area (TPSA) is 70.5 Å². The average Bonchev–Trinajstić information content (AvgIpc) is 2.59. The molecular formula is C18H15FN2O3S. The predicted octanol–water partition coefficient (Wildman–Crippen LogP) is 2.27. The number of rotatable bonds is 3. The smallest absolute Gasteiger partial charge is 0.245 e. The zero-order chi connectivity index (χ0) is 17.7. The van der Waals surface area contributed by atoms with Crippen LogP contribution in [0.3, 0.4) is 0 Å². The molecule has 0 radical (unpaired) electrons. The van der Waals surface area contributed by atoms with Crippen LogP contribution in [0.2, 0.25) is 0 Å². The van der Waals surface area contributed by atoms with E-state index in [0.717, 1.165) is 4.31 Å². The van der Waals surface area contributed by atoms with Crippen LogP contribution < -0.4 is 0 Å². The Morgan fingerprint density at radius 3 is 2.52 bits per heavy atom. The third kappa shape index (κ3) is 2.52. The number of sulfonamides is 1. The van der Waals surface area contributed by atoms with Crippen molar-refractivity contribution in [1.29, 1.82) is 0 Å². The van der Waals surface area contributed by atoms with Crippen molar-refractivity contribution in [3.05, 3.63) is 72.2 Å². The van der Waals surface area contributed by atoms with E-state index in [1.54, 1.807) is 30.3 Å². The lowest BCUT2D eigenvalue weighted by molar-refractivity contribution is -0.0672. The lowest BCUT2D eigenvalue weighted by Gasteiger charge is -2.45. The summed E-state index contributed by atoms with van der Waals surface area (Å²) < 4.78 is 40.9. The summed E-state index contributed by atoms with van der Waals surface area (Å²) in [6, 6.07) is 14.3. The number of aliphatic hydroxyl groups is 1. The van der Waals surface area contributed by atoms with E-state index in [0.29, 0.717) is 10.9 Å².